The highest BCUT2D eigenvalue weighted by Crippen LogP contribution is 2.17. The van der Waals surface area contributed by atoms with Crippen LogP contribution >= 0.6 is 0 Å². The van der Waals surface area contributed by atoms with E-state index in [2.05, 4.69) is 16.6 Å². The fraction of sp³-hybridized carbons (Fsp3) is 0.429. The normalized spacial score (nSPS) is 12.6. The molecule has 5 nitrogen and oxygen atoms in total. The van der Waals surface area contributed by atoms with E-state index in [1.54, 1.807) is 26.0 Å². The van der Waals surface area contributed by atoms with Gasteiger partial charge in [0, 0.05) is 18.7 Å². The third-order valence-corrected chi connectivity index (χ3v) is 4.29. The molecule has 0 aliphatic rings. The molecule has 1 unspecified atom stereocenters. The van der Waals surface area contributed by atoms with Crippen molar-refractivity contribution in [2.24, 2.45) is 0 Å². The van der Waals surface area contributed by atoms with Gasteiger partial charge in [0.2, 0.25) is 10.0 Å². The molecular weight excluding hydrogens is 278 g/mol. The van der Waals surface area contributed by atoms with Gasteiger partial charge < -0.3 is 9.84 Å². The summed E-state index contributed by atoms with van der Waals surface area (Å²) in [7, 11) is -2.11. The number of benzene rings is 1. The van der Waals surface area contributed by atoms with Crippen molar-refractivity contribution in [1.82, 2.24) is 4.72 Å². The highest BCUT2D eigenvalue weighted by Gasteiger charge is 2.19. The summed E-state index contributed by atoms with van der Waals surface area (Å²) in [6.07, 6.45) is 0. The first-order valence-electron chi connectivity index (χ1n) is 6.12. The molecule has 0 spiro atoms. The highest BCUT2D eigenvalue weighted by atomic mass is 32.2. The maximum Gasteiger partial charge on any atom is 0.241 e. The molecule has 0 amide bonds. The molecule has 110 valence electrons. The minimum Gasteiger partial charge on any atom is -0.384 e. The van der Waals surface area contributed by atoms with E-state index in [1.165, 1.54) is 13.2 Å². The Labute approximate surface area is 120 Å². The summed E-state index contributed by atoms with van der Waals surface area (Å²) in [4.78, 5) is 0.185. The third-order valence-electron chi connectivity index (χ3n) is 2.56. The lowest BCUT2D eigenvalue weighted by molar-refractivity contribution is 0.180. The molecule has 1 aromatic carbocycles. The average molecular weight is 297 g/mol. The number of hydrogen-bond donors (Lipinski definition) is 2. The molecule has 2 N–H and O–H groups in total. The Morgan fingerprint density at radius 2 is 2.15 bits per heavy atom. The topological polar surface area (TPSA) is 75.6 Å². The van der Waals surface area contributed by atoms with Gasteiger partial charge >= 0.3 is 0 Å². The molecule has 0 aliphatic heterocycles. The minimum atomic E-state index is -3.62. The van der Waals surface area contributed by atoms with E-state index in [1.807, 2.05) is 0 Å². The molecule has 0 heterocycles. The summed E-state index contributed by atoms with van der Waals surface area (Å²) in [5.74, 6) is 5.19. The van der Waals surface area contributed by atoms with Crippen molar-refractivity contribution >= 4 is 10.0 Å². The number of rotatable bonds is 5. The zero-order valence-electron chi connectivity index (χ0n) is 11.8. The molecule has 0 saturated heterocycles. The lowest BCUT2D eigenvalue weighted by Gasteiger charge is -2.14. The summed E-state index contributed by atoms with van der Waals surface area (Å²) < 4.78 is 32.1. The van der Waals surface area contributed by atoms with Crippen molar-refractivity contribution < 1.29 is 18.3 Å². The fourth-order valence-corrected chi connectivity index (χ4v) is 3.22. The van der Waals surface area contributed by atoms with Gasteiger partial charge in [-0.3, -0.25) is 0 Å². The van der Waals surface area contributed by atoms with Crippen LogP contribution in [0.1, 0.15) is 18.1 Å². The van der Waals surface area contributed by atoms with E-state index in [4.69, 9.17) is 9.84 Å². The zero-order valence-corrected chi connectivity index (χ0v) is 12.6. The number of sulfonamides is 1. The van der Waals surface area contributed by atoms with Crippen LogP contribution in [0.25, 0.3) is 0 Å². The second-order valence-corrected chi connectivity index (χ2v) is 6.10. The predicted octanol–water partition coefficient (Wildman–Crippen LogP) is 0.652. The van der Waals surface area contributed by atoms with Crippen LogP contribution in [-0.2, 0) is 14.8 Å². The summed E-state index contributed by atoms with van der Waals surface area (Å²) in [6, 6.07) is 4.59. The second-order valence-electron chi connectivity index (χ2n) is 4.42. The Morgan fingerprint density at radius 1 is 1.45 bits per heavy atom. The van der Waals surface area contributed by atoms with Crippen LogP contribution in [0.2, 0.25) is 0 Å². The maximum atomic E-state index is 12.3. The van der Waals surface area contributed by atoms with E-state index in [0.717, 1.165) is 0 Å². The third kappa shape index (κ3) is 4.62. The van der Waals surface area contributed by atoms with Crippen molar-refractivity contribution in [3.05, 3.63) is 29.3 Å². The number of hydrogen-bond acceptors (Lipinski definition) is 4. The maximum absolute atomic E-state index is 12.3. The first-order valence-corrected chi connectivity index (χ1v) is 7.60. The van der Waals surface area contributed by atoms with E-state index in [9.17, 15) is 8.42 Å². The Bertz CT molecular complexity index is 614. The van der Waals surface area contributed by atoms with Gasteiger partial charge in [-0.15, -0.1) is 0 Å². The highest BCUT2D eigenvalue weighted by molar-refractivity contribution is 7.89. The van der Waals surface area contributed by atoms with Gasteiger partial charge in [0.15, 0.2) is 0 Å². The van der Waals surface area contributed by atoms with Crippen LogP contribution in [0.15, 0.2) is 23.1 Å². The Balaban J connectivity index is 3.10. The molecule has 20 heavy (non-hydrogen) atoms. The van der Waals surface area contributed by atoms with Crippen LogP contribution in [0.4, 0.5) is 0 Å². The van der Waals surface area contributed by atoms with Gasteiger partial charge in [-0.2, -0.15) is 0 Å². The van der Waals surface area contributed by atoms with Gasteiger partial charge in [0.1, 0.15) is 6.61 Å². The first-order chi connectivity index (χ1) is 9.40. The quantitative estimate of drug-likeness (QED) is 0.783. The van der Waals surface area contributed by atoms with E-state index >= 15 is 0 Å². The van der Waals surface area contributed by atoms with Crippen LogP contribution < -0.4 is 4.72 Å². The number of aliphatic hydroxyl groups is 1. The molecule has 0 aliphatic carbocycles. The fourth-order valence-electron chi connectivity index (χ4n) is 1.72. The Kier molecular flexibility index (Phi) is 6.17. The molecule has 6 heteroatoms. The molecule has 0 fully saturated rings. The van der Waals surface area contributed by atoms with Crippen molar-refractivity contribution in [1.29, 1.82) is 0 Å². The molecule has 0 saturated carbocycles. The lowest BCUT2D eigenvalue weighted by Crippen LogP contribution is -2.35. The molecule has 0 radical (unpaired) electrons. The summed E-state index contributed by atoms with van der Waals surface area (Å²) >= 11 is 0. The minimum absolute atomic E-state index is 0.185. The van der Waals surface area contributed by atoms with Gasteiger partial charge in [-0.25, -0.2) is 13.1 Å². The number of nitrogens with one attached hydrogen (secondary N) is 1. The zero-order chi connectivity index (χ0) is 15.2. The summed E-state index contributed by atoms with van der Waals surface area (Å²) in [6.45, 7) is 3.48. The SMILES string of the molecule is COCC(C)NS(=O)(=O)c1cc(C#CCO)ccc1C. The number of aryl methyl sites for hydroxylation is 1. The largest absolute Gasteiger partial charge is 0.384 e. The standard InChI is InChI=1S/C14H19NO4S/c1-11-6-7-13(5-4-8-16)9-14(11)20(17,18)15-12(2)10-19-3/h6-7,9,12,15-16H,8,10H2,1-3H3. The lowest BCUT2D eigenvalue weighted by atomic mass is 10.1. The van der Waals surface area contributed by atoms with Crippen molar-refractivity contribution in [2.75, 3.05) is 20.3 Å². The van der Waals surface area contributed by atoms with Crippen LogP contribution in [0.3, 0.4) is 0 Å². The monoisotopic (exact) mass is 297 g/mol. The predicted molar refractivity (Wildman–Crippen MR) is 76.8 cm³/mol. The van der Waals surface area contributed by atoms with Crippen molar-refractivity contribution in [3.8, 4) is 11.8 Å². The second kappa shape index (κ2) is 7.41. The molecular formula is C14H19NO4S. The Hall–Kier alpha value is -1.39. The van der Waals surface area contributed by atoms with Crippen molar-refractivity contribution in [3.63, 3.8) is 0 Å². The van der Waals surface area contributed by atoms with Crippen LogP contribution in [0.5, 0.6) is 0 Å². The molecule has 0 aromatic heterocycles. The number of ether oxygens (including phenoxy) is 1. The van der Waals surface area contributed by atoms with E-state index in [-0.39, 0.29) is 17.5 Å². The van der Waals surface area contributed by atoms with Gasteiger partial charge in [-0.05, 0) is 31.5 Å². The van der Waals surface area contributed by atoms with Gasteiger partial charge in [0.25, 0.3) is 0 Å². The Morgan fingerprint density at radius 3 is 2.75 bits per heavy atom. The first kappa shape index (κ1) is 16.7. The summed E-state index contributed by atoms with van der Waals surface area (Å²) in [5, 5.41) is 8.67. The van der Waals surface area contributed by atoms with Crippen molar-refractivity contribution in [2.45, 2.75) is 24.8 Å². The average Bonchev–Trinajstić information content (AvgIpc) is 2.37. The molecule has 0 bridgehead atoms. The molecule has 1 atom stereocenters. The van der Waals surface area contributed by atoms with E-state index in [0.29, 0.717) is 17.7 Å². The molecule has 1 rings (SSSR count). The number of aliphatic hydroxyl groups excluding tert-OH is 1. The van der Waals surface area contributed by atoms with E-state index < -0.39 is 10.0 Å². The smallest absolute Gasteiger partial charge is 0.241 e. The van der Waals surface area contributed by atoms with Gasteiger partial charge in [0.05, 0.1) is 11.5 Å². The summed E-state index contributed by atoms with van der Waals surface area (Å²) in [5.41, 5.74) is 1.18. The van der Waals surface area contributed by atoms with Gasteiger partial charge in [-0.1, -0.05) is 17.9 Å². The number of methoxy groups -OCH3 is 1. The van der Waals surface area contributed by atoms with Crippen LogP contribution in [0, 0.1) is 18.8 Å². The molecule has 1 aromatic rings. The van der Waals surface area contributed by atoms with Crippen LogP contribution in [-0.4, -0.2) is 39.9 Å².